The predicted molar refractivity (Wildman–Crippen MR) is 116 cm³/mol. The number of hydrogen-bond donors (Lipinski definition) is 0. The van der Waals surface area contributed by atoms with Crippen molar-refractivity contribution in [2.24, 2.45) is 47.3 Å². The van der Waals surface area contributed by atoms with Gasteiger partial charge in [0.1, 0.15) is 6.29 Å². The van der Waals surface area contributed by atoms with E-state index in [0.717, 1.165) is 30.6 Å². The fourth-order valence-corrected chi connectivity index (χ4v) is 8.18. The Bertz CT molecular complexity index is 563. The van der Waals surface area contributed by atoms with Crippen LogP contribution in [0.2, 0.25) is 18.1 Å². The Hall–Kier alpha value is -0.413. The van der Waals surface area contributed by atoms with Crippen LogP contribution in [0.5, 0.6) is 0 Å². The summed E-state index contributed by atoms with van der Waals surface area (Å²) in [5, 5.41) is 0.240. The van der Waals surface area contributed by atoms with E-state index in [1.54, 1.807) is 0 Å². The van der Waals surface area contributed by atoms with E-state index < -0.39 is 8.32 Å². The van der Waals surface area contributed by atoms with E-state index in [4.69, 9.17) is 4.43 Å². The summed E-state index contributed by atoms with van der Waals surface area (Å²) in [6.07, 6.45) is 8.50. The van der Waals surface area contributed by atoms with E-state index in [1.165, 1.54) is 19.1 Å². The highest BCUT2D eigenvalue weighted by atomic mass is 28.4. The maximum Gasteiger partial charge on any atom is 0.192 e. The molecule has 3 saturated carbocycles. The Balaban J connectivity index is 1.95. The predicted octanol–water partition coefficient (Wildman–Crippen LogP) is 6.33. The maximum atomic E-state index is 11.8. The van der Waals surface area contributed by atoms with Gasteiger partial charge in [0.2, 0.25) is 0 Å². The van der Waals surface area contributed by atoms with Crippen LogP contribution in [0, 0.1) is 47.3 Å². The minimum atomic E-state index is -1.81. The van der Waals surface area contributed by atoms with Crippen LogP contribution in [0.4, 0.5) is 0 Å². The molecule has 3 rings (SSSR count). The maximum absolute atomic E-state index is 11.8. The zero-order chi connectivity index (χ0) is 20.1. The van der Waals surface area contributed by atoms with Crippen LogP contribution >= 0.6 is 0 Å². The summed E-state index contributed by atoms with van der Waals surface area (Å²) in [5.74, 6) is 4.83. The number of fused-ring (bicyclic) bond motifs is 3. The molecular weight excluding hydrogens is 348 g/mol. The molecule has 9 atom stereocenters. The van der Waals surface area contributed by atoms with Gasteiger partial charge in [-0.2, -0.15) is 0 Å². The number of carbonyl (C=O) groups is 1. The topological polar surface area (TPSA) is 26.3 Å². The summed E-state index contributed by atoms with van der Waals surface area (Å²) in [5.41, 5.74) is 0. The first-order valence-electron chi connectivity index (χ1n) is 11.3. The van der Waals surface area contributed by atoms with Gasteiger partial charge in [0.15, 0.2) is 8.32 Å². The lowest BCUT2D eigenvalue weighted by atomic mass is 9.64. The highest BCUT2D eigenvalue weighted by molar-refractivity contribution is 6.74. The highest BCUT2D eigenvalue weighted by Gasteiger charge is 2.58. The monoisotopic (exact) mass is 390 g/mol. The van der Waals surface area contributed by atoms with Crippen molar-refractivity contribution >= 4 is 14.6 Å². The molecule has 0 saturated heterocycles. The first-order chi connectivity index (χ1) is 12.6. The van der Waals surface area contributed by atoms with Crippen LogP contribution in [0.15, 0.2) is 12.7 Å². The van der Waals surface area contributed by atoms with E-state index >= 15 is 0 Å². The lowest BCUT2D eigenvalue weighted by molar-refractivity contribution is -0.111. The van der Waals surface area contributed by atoms with Crippen LogP contribution in [0.25, 0.3) is 0 Å². The fraction of sp³-hybridized carbons (Fsp3) is 0.875. The molecule has 27 heavy (non-hydrogen) atoms. The molecule has 0 aromatic carbocycles. The van der Waals surface area contributed by atoms with Gasteiger partial charge in [-0.3, -0.25) is 0 Å². The van der Waals surface area contributed by atoms with E-state index in [1.807, 2.05) is 0 Å². The third-order valence-corrected chi connectivity index (χ3v) is 13.6. The summed E-state index contributed by atoms with van der Waals surface area (Å²) in [6, 6.07) is 0. The molecule has 0 spiro atoms. The molecular formula is C24H42O2Si. The summed E-state index contributed by atoms with van der Waals surface area (Å²) in [4.78, 5) is 11.8. The fourth-order valence-electron chi connectivity index (χ4n) is 6.82. The second kappa shape index (κ2) is 7.44. The molecule has 154 valence electrons. The van der Waals surface area contributed by atoms with Gasteiger partial charge in [-0.1, -0.05) is 47.1 Å². The van der Waals surface area contributed by atoms with Gasteiger partial charge >= 0.3 is 0 Å². The molecule has 0 aromatic rings. The quantitative estimate of drug-likeness (QED) is 0.311. The average molecular weight is 391 g/mol. The Kier molecular flexibility index (Phi) is 5.87. The number of carbonyl (C=O) groups excluding carboxylic acids is 1. The van der Waals surface area contributed by atoms with Gasteiger partial charge in [0.25, 0.3) is 0 Å². The molecule has 0 N–H and O–H groups in total. The molecule has 3 heteroatoms. The number of rotatable bonds is 5. The van der Waals surface area contributed by atoms with Crippen LogP contribution in [-0.2, 0) is 9.22 Å². The third kappa shape index (κ3) is 3.52. The van der Waals surface area contributed by atoms with Gasteiger partial charge in [0.05, 0.1) is 0 Å². The van der Waals surface area contributed by atoms with E-state index in [-0.39, 0.29) is 11.0 Å². The van der Waals surface area contributed by atoms with Crippen molar-refractivity contribution < 1.29 is 9.22 Å². The lowest BCUT2D eigenvalue weighted by Gasteiger charge is -2.49. The SMILES string of the molecule is C=C[C@@H]1[C@H]2C[C@@H](O[Si](C)(C)C(C)(C)C)[C@@H]3[C@H](C[C@@H](C)[C@H]3CC)[C@H]2C[C@H]1C=O. The zero-order valence-corrected chi connectivity index (χ0v) is 19.7. The Morgan fingerprint density at radius 3 is 2.30 bits per heavy atom. The van der Waals surface area contributed by atoms with Gasteiger partial charge in [-0.25, -0.2) is 0 Å². The van der Waals surface area contributed by atoms with Crippen LogP contribution in [-0.4, -0.2) is 20.7 Å². The van der Waals surface area contributed by atoms with Gasteiger partial charge in [-0.05, 0) is 78.8 Å². The summed E-state index contributed by atoms with van der Waals surface area (Å²) in [6.45, 7) is 20.8. The molecule has 0 heterocycles. The lowest BCUT2D eigenvalue weighted by Crippen LogP contribution is -2.51. The van der Waals surface area contributed by atoms with Crippen molar-refractivity contribution in [3.63, 3.8) is 0 Å². The molecule has 2 nitrogen and oxygen atoms in total. The molecule has 0 aromatic heterocycles. The molecule has 0 bridgehead atoms. The second-order valence-corrected chi connectivity index (χ2v) is 16.1. The Labute approximate surface area is 168 Å². The van der Waals surface area contributed by atoms with Crippen LogP contribution in [0.3, 0.4) is 0 Å². The van der Waals surface area contributed by atoms with Crippen molar-refractivity contribution in [3.05, 3.63) is 12.7 Å². The van der Waals surface area contributed by atoms with Gasteiger partial charge in [0, 0.05) is 12.0 Å². The molecule has 0 aliphatic heterocycles. The highest BCUT2D eigenvalue weighted by Crippen LogP contribution is 2.61. The van der Waals surface area contributed by atoms with E-state index in [9.17, 15) is 4.79 Å². The van der Waals surface area contributed by atoms with Crippen molar-refractivity contribution in [1.29, 1.82) is 0 Å². The number of aldehydes is 1. The van der Waals surface area contributed by atoms with Gasteiger partial charge in [-0.15, -0.1) is 6.58 Å². The summed E-state index contributed by atoms with van der Waals surface area (Å²) < 4.78 is 7.12. The molecule has 0 radical (unpaired) electrons. The molecule has 0 amide bonds. The Morgan fingerprint density at radius 2 is 1.78 bits per heavy atom. The largest absolute Gasteiger partial charge is 0.414 e. The Morgan fingerprint density at radius 1 is 1.11 bits per heavy atom. The number of hydrogen-bond acceptors (Lipinski definition) is 2. The summed E-state index contributed by atoms with van der Waals surface area (Å²) in [7, 11) is -1.81. The van der Waals surface area contributed by atoms with Crippen LogP contribution in [0.1, 0.15) is 60.3 Å². The minimum Gasteiger partial charge on any atom is -0.414 e. The van der Waals surface area contributed by atoms with E-state index in [2.05, 4.69) is 60.4 Å². The van der Waals surface area contributed by atoms with Crippen molar-refractivity contribution in [1.82, 2.24) is 0 Å². The second-order valence-electron chi connectivity index (χ2n) is 11.4. The molecule has 3 aliphatic carbocycles. The van der Waals surface area contributed by atoms with Crippen molar-refractivity contribution in [2.45, 2.75) is 84.5 Å². The van der Waals surface area contributed by atoms with Crippen LogP contribution < -0.4 is 0 Å². The molecule has 3 aliphatic rings. The summed E-state index contributed by atoms with van der Waals surface area (Å²) >= 11 is 0. The van der Waals surface area contributed by atoms with Crippen molar-refractivity contribution in [2.75, 3.05) is 0 Å². The molecule has 3 fully saturated rings. The normalized spacial score (nSPS) is 44.6. The molecule has 0 unspecified atom stereocenters. The smallest absolute Gasteiger partial charge is 0.192 e. The third-order valence-electron chi connectivity index (χ3n) is 9.10. The van der Waals surface area contributed by atoms with Gasteiger partial charge < -0.3 is 9.22 Å². The average Bonchev–Trinajstić information content (AvgIpc) is 3.10. The van der Waals surface area contributed by atoms with E-state index in [0.29, 0.717) is 29.8 Å². The first-order valence-corrected chi connectivity index (χ1v) is 14.2. The minimum absolute atomic E-state index is 0.181. The number of allylic oxidation sites excluding steroid dienone is 1. The zero-order valence-electron chi connectivity index (χ0n) is 18.7. The first kappa shape index (κ1) is 21.3. The standard InChI is InChI=1S/C24H42O2Si/c1-9-17-15(3)11-21-19-12-16(14-25)18(10-2)20(19)13-22(23(17)21)26-27(7,8)24(4,5)6/h10,14-23H,2,9,11-13H2,1,3-8H3/t15-,16+,17-,18+,19+,20-,21-,22-,23+/m1/s1. The van der Waals surface area contributed by atoms with Crippen molar-refractivity contribution in [3.8, 4) is 0 Å².